The van der Waals surface area contributed by atoms with Crippen molar-refractivity contribution in [1.29, 1.82) is 0 Å². The predicted molar refractivity (Wildman–Crippen MR) is 27.6 cm³/mol. The zero-order chi connectivity index (χ0) is 4.95. The van der Waals surface area contributed by atoms with Crippen LogP contribution in [0, 0.1) is 6.26 Å². The van der Waals surface area contributed by atoms with E-state index in [0.717, 1.165) is 13.0 Å². The highest BCUT2D eigenvalue weighted by Crippen LogP contribution is 2.00. The normalized spacial score (nSPS) is 20.6. The second-order valence-corrected chi connectivity index (χ2v) is 1.67. The molecule has 7 heavy (non-hydrogen) atoms. The summed E-state index contributed by atoms with van der Waals surface area (Å²) in [7, 11) is 0. The molecule has 0 amide bonds. The van der Waals surface area contributed by atoms with Crippen molar-refractivity contribution < 1.29 is 4.74 Å². The Morgan fingerprint density at radius 1 is 1.43 bits per heavy atom. The van der Waals surface area contributed by atoms with Crippen molar-refractivity contribution in [2.75, 3.05) is 6.61 Å². The van der Waals surface area contributed by atoms with E-state index in [1.165, 1.54) is 12.8 Å². The summed E-state index contributed by atoms with van der Waals surface area (Å²) in [6.07, 6.45) is 8.25. The molecule has 1 nitrogen and oxygen atoms in total. The Balaban J connectivity index is 2.20. The van der Waals surface area contributed by atoms with Gasteiger partial charge in [0.25, 0.3) is 0 Å². The van der Waals surface area contributed by atoms with Crippen LogP contribution in [0.5, 0.6) is 0 Å². The van der Waals surface area contributed by atoms with Gasteiger partial charge in [-0.15, -0.1) is 0 Å². The monoisotopic (exact) mass is 97.1 g/mol. The third kappa shape index (κ3) is 1.62. The fourth-order valence-corrected chi connectivity index (χ4v) is 0.597. The molecular formula is C6H9O. The maximum Gasteiger partial charge on any atom is 0.156 e. The Labute approximate surface area is 44.0 Å². The SMILES string of the molecule is [C]1=CCCCCO1. The Hall–Kier alpha value is -0.460. The molecule has 39 valence electrons. The summed E-state index contributed by atoms with van der Waals surface area (Å²) < 4.78 is 4.89. The Bertz CT molecular complexity index is 58.6. The summed E-state index contributed by atoms with van der Waals surface area (Å²) in [5, 5.41) is 0. The van der Waals surface area contributed by atoms with Gasteiger partial charge in [0.2, 0.25) is 0 Å². The minimum atomic E-state index is 0.858. The van der Waals surface area contributed by atoms with Crippen LogP contribution in [0.2, 0.25) is 0 Å². The van der Waals surface area contributed by atoms with Gasteiger partial charge in [-0.25, -0.2) is 0 Å². The Kier molecular flexibility index (Phi) is 1.79. The topological polar surface area (TPSA) is 9.23 Å². The lowest BCUT2D eigenvalue weighted by atomic mass is 10.2. The number of ether oxygens (including phenoxy) is 1. The quantitative estimate of drug-likeness (QED) is 0.445. The summed E-state index contributed by atoms with van der Waals surface area (Å²) in [5.41, 5.74) is 0. The molecule has 1 rings (SSSR count). The molecule has 1 heterocycles. The fraction of sp³-hybridized carbons (Fsp3) is 0.667. The number of allylic oxidation sites excluding steroid dienone is 1. The van der Waals surface area contributed by atoms with Crippen molar-refractivity contribution in [3.63, 3.8) is 0 Å². The van der Waals surface area contributed by atoms with E-state index < -0.39 is 0 Å². The molecule has 0 aliphatic carbocycles. The molecule has 1 aliphatic heterocycles. The molecule has 0 unspecified atom stereocenters. The summed E-state index contributed by atoms with van der Waals surface area (Å²) >= 11 is 0. The van der Waals surface area contributed by atoms with E-state index in [1.807, 2.05) is 6.08 Å². The molecule has 1 radical (unpaired) electrons. The molecule has 0 bridgehead atoms. The standard InChI is InChI=1S/C6H9O/c1-2-4-6-7-5-3-1/h3H,1-2,4,6H2. The van der Waals surface area contributed by atoms with Crippen molar-refractivity contribution in [2.45, 2.75) is 19.3 Å². The number of hydrogen-bond acceptors (Lipinski definition) is 1. The zero-order valence-corrected chi connectivity index (χ0v) is 4.31. The van der Waals surface area contributed by atoms with Gasteiger partial charge in [0.05, 0.1) is 6.61 Å². The highest BCUT2D eigenvalue weighted by molar-refractivity contribution is 4.69. The minimum absolute atomic E-state index is 0.858. The second kappa shape index (κ2) is 2.67. The van der Waals surface area contributed by atoms with Gasteiger partial charge in [-0.05, 0) is 25.3 Å². The van der Waals surface area contributed by atoms with Crippen molar-refractivity contribution in [3.8, 4) is 0 Å². The van der Waals surface area contributed by atoms with Gasteiger partial charge in [-0.3, -0.25) is 0 Å². The van der Waals surface area contributed by atoms with Gasteiger partial charge in [-0.1, -0.05) is 0 Å². The van der Waals surface area contributed by atoms with Gasteiger partial charge in [0.15, 0.2) is 6.26 Å². The first kappa shape index (κ1) is 4.69. The van der Waals surface area contributed by atoms with Crippen LogP contribution in [0.3, 0.4) is 0 Å². The molecule has 0 atom stereocenters. The third-order valence-electron chi connectivity index (χ3n) is 1.01. The lowest BCUT2D eigenvalue weighted by Crippen LogP contribution is -1.81. The van der Waals surface area contributed by atoms with Crippen LogP contribution in [-0.2, 0) is 4.74 Å². The fourth-order valence-electron chi connectivity index (χ4n) is 0.597. The lowest BCUT2D eigenvalue weighted by Gasteiger charge is -1.90. The van der Waals surface area contributed by atoms with Crippen molar-refractivity contribution >= 4 is 0 Å². The zero-order valence-electron chi connectivity index (χ0n) is 4.31. The molecule has 0 aromatic rings. The van der Waals surface area contributed by atoms with Crippen LogP contribution in [-0.4, -0.2) is 6.61 Å². The molecule has 1 aliphatic rings. The first-order chi connectivity index (χ1) is 3.50. The highest BCUT2D eigenvalue weighted by Gasteiger charge is 1.89. The van der Waals surface area contributed by atoms with E-state index >= 15 is 0 Å². The van der Waals surface area contributed by atoms with Crippen LogP contribution in [0.4, 0.5) is 0 Å². The van der Waals surface area contributed by atoms with Gasteiger partial charge in [0.1, 0.15) is 0 Å². The van der Waals surface area contributed by atoms with Gasteiger partial charge < -0.3 is 4.74 Å². The van der Waals surface area contributed by atoms with Crippen molar-refractivity contribution in [2.24, 2.45) is 0 Å². The first-order valence-electron chi connectivity index (χ1n) is 2.69. The average molecular weight is 97.1 g/mol. The molecule has 0 fully saturated rings. The number of rotatable bonds is 0. The summed E-state index contributed by atoms with van der Waals surface area (Å²) in [6, 6.07) is 0. The van der Waals surface area contributed by atoms with E-state index in [9.17, 15) is 0 Å². The van der Waals surface area contributed by atoms with Crippen LogP contribution in [0.1, 0.15) is 19.3 Å². The average Bonchev–Trinajstić information content (AvgIpc) is 1.90. The molecular weight excluding hydrogens is 88.1 g/mol. The van der Waals surface area contributed by atoms with Crippen LogP contribution in [0.25, 0.3) is 0 Å². The maximum atomic E-state index is 4.89. The minimum Gasteiger partial charge on any atom is -0.490 e. The molecule has 1 heteroatoms. The Morgan fingerprint density at radius 2 is 2.43 bits per heavy atom. The Morgan fingerprint density at radius 3 is 3.43 bits per heavy atom. The van der Waals surface area contributed by atoms with E-state index in [1.54, 1.807) is 0 Å². The lowest BCUT2D eigenvalue weighted by molar-refractivity contribution is 0.229. The van der Waals surface area contributed by atoms with Gasteiger partial charge in [-0.2, -0.15) is 0 Å². The molecule has 0 aromatic carbocycles. The van der Waals surface area contributed by atoms with Crippen LogP contribution < -0.4 is 0 Å². The molecule has 0 N–H and O–H groups in total. The van der Waals surface area contributed by atoms with Gasteiger partial charge >= 0.3 is 0 Å². The molecule has 0 saturated carbocycles. The number of hydrogen-bond donors (Lipinski definition) is 0. The third-order valence-corrected chi connectivity index (χ3v) is 1.01. The molecule has 0 saturated heterocycles. The largest absolute Gasteiger partial charge is 0.490 e. The molecule has 0 aromatic heterocycles. The first-order valence-corrected chi connectivity index (χ1v) is 2.69. The van der Waals surface area contributed by atoms with E-state index in [0.29, 0.717) is 0 Å². The second-order valence-electron chi connectivity index (χ2n) is 1.67. The van der Waals surface area contributed by atoms with Crippen molar-refractivity contribution in [3.05, 3.63) is 12.3 Å². The summed E-state index contributed by atoms with van der Waals surface area (Å²) in [6.45, 7) is 0.858. The van der Waals surface area contributed by atoms with E-state index in [-0.39, 0.29) is 0 Å². The van der Waals surface area contributed by atoms with Crippen LogP contribution >= 0.6 is 0 Å². The van der Waals surface area contributed by atoms with E-state index in [2.05, 4.69) is 6.26 Å². The molecule has 0 spiro atoms. The summed E-state index contributed by atoms with van der Waals surface area (Å²) in [5.74, 6) is 0. The van der Waals surface area contributed by atoms with Gasteiger partial charge in [0, 0.05) is 0 Å². The van der Waals surface area contributed by atoms with E-state index in [4.69, 9.17) is 4.74 Å². The predicted octanol–water partition coefficient (Wildman–Crippen LogP) is 1.50. The van der Waals surface area contributed by atoms with Crippen molar-refractivity contribution in [1.82, 2.24) is 0 Å². The van der Waals surface area contributed by atoms with Crippen LogP contribution in [0.15, 0.2) is 6.08 Å². The maximum absolute atomic E-state index is 4.89. The summed E-state index contributed by atoms with van der Waals surface area (Å²) in [4.78, 5) is 0. The smallest absolute Gasteiger partial charge is 0.156 e. The highest BCUT2D eigenvalue weighted by atomic mass is 16.5.